The van der Waals surface area contributed by atoms with Gasteiger partial charge in [0.05, 0.1) is 12.8 Å². The standard InChI is InChI=1S/C16H19NO2/c1-3-12(2)14-8-4-5-9-15(14)16(18)17-11-13-7-6-10-19-13/h4-10,12H,3,11H2,1-2H3,(H,17,18). The first-order valence-electron chi connectivity index (χ1n) is 6.62. The highest BCUT2D eigenvalue weighted by molar-refractivity contribution is 5.95. The average molecular weight is 257 g/mol. The molecular formula is C16H19NO2. The summed E-state index contributed by atoms with van der Waals surface area (Å²) < 4.78 is 5.20. The second kappa shape index (κ2) is 6.23. The van der Waals surface area contributed by atoms with Crippen LogP contribution in [0, 0.1) is 0 Å². The summed E-state index contributed by atoms with van der Waals surface area (Å²) in [5, 5.41) is 2.89. The highest BCUT2D eigenvalue weighted by atomic mass is 16.3. The number of nitrogens with one attached hydrogen (secondary N) is 1. The lowest BCUT2D eigenvalue weighted by atomic mass is 9.93. The molecule has 0 aliphatic heterocycles. The lowest BCUT2D eigenvalue weighted by molar-refractivity contribution is 0.0946. The molecule has 0 aliphatic carbocycles. The molecule has 0 aliphatic rings. The average Bonchev–Trinajstić information content (AvgIpc) is 2.97. The summed E-state index contributed by atoms with van der Waals surface area (Å²) >= 11 is 0. The molecule has 1 amide bonds. The highest BCUT2D eigenvalue weighted by Gasteiger charge is 2.14. The summed E-state index contributed by atoms with van der Waals surface area (Å²) in [6.07, 6.45) is 2.62. The van der Waals surface area contributed by atoms with Crippen molar-refractivity contribution in [1.82, 2.24) is 5.32 Å². The van der Waals surface area contributed by atoms with E-state index >= 15 is 0 Å². The number of carbonyl (C=O) groups is 1. The van der Waals surface area contributed by atoms with Crippen LogP contribution in [0.5, 0.6) is 0 Å². The van der Waals surface area contributed by atoms with E-state index in [9.17, 15) is 4.79 Å². The molecule has 2 rings (SSSR count). The van der Waals surface area contributed by atoms with E-state index in [1.807, 2.05) is 36.4 Å². The fourth-order valence-electron chi connectivity index (χ4n) is 2.03. The van der Waals surface area contributed by atoms with Crippen LogP contribution in [0.3, 0.4) is 0 Å². The largest absolute Gasteiger partial charge is 0.467 e. The fraction of sp³-hybridized carbons (Fsp3) is 0.312. The molecule has 3 heteroatoms. The Hall–Kier alpha value is -2.03. The van der Waals surface area contributed by atoms with E-state index in [-0.39, 0.29) is 5.91 Å². The minimum atomic E-state index is -0.0488. The van der Waals surface area contributed by atoms with E-state index in [0.717, 1.165) is 23.3 Å². The van der Waals surface area contributed by atoms with Crippen LogP contribution in [-0.2, 0) is 6.54 Å². The van der Waals surface area contributed by atoms with Crippen molar-refractivity contribution in [2.75, 3.05) is 0 Å². The van der Waals surface area contributed by atoms with Crippen LogP contribution in [0.15, 0.2) is 47.1 Å². The highest BCUT2D eigenvalue weighted by Crippen LogP contribution is 2.22. The van der Waals surface area contributed by atoms with E-state index in [0.29, 0.717) is 12.5 Å². The van der Waals surface area contributed by atoms with E-state index in [1.54, 1.807) is 6.26 Å². The zero-order chi connectivity index (χ0) is 13.7. The molecule has 2 aromatic rings. The normalized spacial score (nSPS) is 12.1. The Morgan fingerprint density at radius 1 is 1.26 bits per heavy atom. The Bertz CT molecular complexity index is 531. The third-order valence-electron chi connectivity index (χ3n) is 3.35. The first-order valence-corrected chi connectivity index (χ1v) is 6.62. The summed E-state index contributed by atoms with van der Waals surface area (Å²) in [5.74, 6) is 1.09. The van der Waals surface area contributed by atoms with Crippen LogP contribution < -0.4 is 5.32 Å². The van der Waals surface area contributed by atoms with Crippen LogP contribution in [0.25, 0.3) is 0 Å². The molecule has 0 radical (unpaired) electrons. The summed E-state index contributed by atoms with van der Waals surface area (Å²) in [6, 6.07) is 11.4. The van der Waals surface area contributed by atoms with Gasteiger partial charge >= 0.3 is 0 Å². The van der Waals surface area contributed by atoms with Crippen molar-refractivity contribution in [1.29, 1.82) is 0 Å². The van der Waals surface area contributed by atoms with Crippen LogP contribution in [0.1, 0.15) is 47.9 Å². The summed E-state index contributed by atoms with van der Waals surface area (Å²) in [7, 11) is 0. The van der Waals surface area contributed by atoms with E-state index in [4.69, 9.17) is 4.42 Å². The van der Waals surface area contributed by atoms with E-state index in [1.165, 1.54) is 0 Å². The molecule has 100 valence electrons. The number of hydrogen-bond donors (Lipinski definition) is 1. The topological polar surface area (TPSA) is 42.2 Å². The van der Waals surface area contributed by atoms with Crippen LogP contribution in [-0.4, -0.2) is 5.91 Å². The molecule has 19 heavy (non-hydrogen) atoms. The maximum absolute atomic E-state index is 12.2. The molecule has 1 aromatic heterocycles. The lowest BCUT2D eigenvalue weighted by Crippen LogP contribution is -2.24. The minimum Gasteiger partial charge on any atom is -0.467 e. The van der Waals surface area contributed by atoms with Gasteiger partial charge in [-0.25, -0.2) is 0 Å². The molecule has 1 aromatic carbocycles. The maximum atomic E-state index is 12.2. The molecule has 0 bridgehead atoms. The van der Waals surface area contributed by atoms with Gasteiger partial charge in [-0.1, -0.05) is 32.0 Å². The zero-order valence-electron chi connectivity index (χ0n) is 11.3. The Morgan fingerprint density at radius 3 is 2.74 bits per heavy atom. The molecule has 1 atom stereocenters. The van der Waals surface area contributed by atoms with E-state index < -0.39 is 0 Å². The maximum Gasteiger partial charge on any atom is 0.251 e. The second-order valence-electron chi connectivity index (χ2n) is 4.66. The van der Waals surface area contributed by atoms with Crippen molar-refractivity contribution in [2.24, 2.45) is 0 Å². The Balaban J connectivity index is 2.10. The molecule has 1 unspecified atom stereocenters. The van der Waals surface area contributed by atoms with Gasteiger partial charge in [0.25, 0.3) is 5.91 Å². The van der Waals surface area contributed by atoms with Crippen molar-refractivity contribution < 1.29 is 9.21 Å². The Morgan fingerprint density at radius 2 is 2.05 bits per heavy atom. The van der Waals surface area contributed by atoms with Crippen LogP contribution in [0.4, 0.5) is 0 Å². The fourth-order valence-corrected chi connectivity index (χ4v) is 2.03. The van der Waals surface area contributed by atoms with Gasteiger partial charge in [0.15, 0.2) is 0 Å². The van der Waals surface area contributed by atoms with Gasteiger partial charge in [-0.3, -0.25) is 4.79 Å². The molecule has 1 heterocycles. The molecule has 0 saturated heterocycles. The van der Waals surface area contributed by atoms with E-state index in [2.05, 4.69) is 19.2 Å². The van der Waals surface area contributed by atoms with Crippen LogP contribution in [0.2, 0.25) is 0 Å². The van der Waals surface area contributed by atoms with Gasteiger partial charge in [-0.2, -0.15) is 0 Å². The smallest absolute Gasteiger partial charge is 0.251 e. The Labute approximate surface area is 113 Å². The molecule has 0 saturated carbocycles. The van der Waals surface area contributed by atoms with Crippen molar-refractivity contribution >= 4 is 5.91 Å². The molecule has 0 fully saturated rings. The van der Waals surface area contributed by atoms with Crippen LogP contribution >= 0.6 is 0 Å². The number of benzene rings is 1. The molecule has 3 nitrogen and oxygen atoms in total. The SMILES string of the molecule is CCC(C)c1ccccc1C(=O)NCc1ccco1. The summed E-state index contributed by atoms with van der Waals surface area (Å²) in [4.78, 5) is 12.2. The number of furan rings is 1. The number of amides is 1. The second-order valence-corrected chi connectivity index (χ2v) is 4.66. The molecule has 1 N–H and O–H groups in total. The third kappa shape index (κ3) is 3.25. The first kappa shape index (κ1) is 13.4. The monoisotopic (exact) mass is 257 g/mol. The van der Waals surface area contributed by atoms with Gasteiger partial charge in [-0.15, -0.1) is 0 Å². The van der Waals surface area contributed by atoms with Crippen molar-refractivity contribution in [2.45, 2.75) is 32.7 Å². The van der Waals surface area contributed by atoms with Gasteiger partial charge in [-0.05, 0) is 36.1 Å². The predicted octanol–water partition coefficient (Wildman–Crippen LogP) is 3.72. The zero-order valence-corrected chi connectivity index (χ0v) is 11.3. The lowest BCUT2D eigenvalue weighted by Gasteiger charge is -2.14. The first-order chi connectivity index (χ1) is 9.22. The van der Waals surface area contributed by atoms with Crippen molar-refractivity contribution in [3.8, 4) is 0 Å². The number of hydrogen-bond acceptors (Lipinski definition) is 2. The number of carbonyl (C=O) groups excluding carboxylic acids is 1. The van der Waals surface area contributed by atoms with Gasteiger partial charge in [0, 0.05) is 5.56 Å². The Kier molecular flexibility index (Phi) is 4.39. The molecule has 0 spiro atoms. The third-order valence-corrected chi connectivity index (χ3v) is 3.35. The van der Waals surface area contributed by atoms with Gasteiger partial charge in [0.1, 0.15) is 5.76 Å². The number of rotatable bonds is 5. The van der Waals surface area contributed by atoms with Gasteiger partial charge in [0.2, 0.25) is 0 Å². The van der Waals surface area contributed by atoms with Crippen molar-refractivity contribution in [3.63, 3.8) is 0 Å². The summed E-state index contributed by atoms with van der Waals surface area (Å²) in [5.41, 5.74) is 1.85. The summed E-state index contributed by atoms with van der Waals surface area (Å²) in [6.45, 7) is 4.68. The minimum absolute atomic E-state index is 0.0488. The predicted molar refractivity (Wildman–Crippen MR) is 75.0 cm³/mol. The molecular weight excluding hydrogens is 238 g/mol. The van der Waals surface area contributed by atoms with Crippen molar-refractivity contribution in [3.05, 3.63) is 59.5 Å². The quantitative estimate of drug-likeness (QED) is 0.887. The van der Waals surface area contributed by atoms with Gasteiger partial charge < -0.3 is 9.73 Å².